The molecule has 7 nitrogen and oxygen atoms in total. The fourth-order valence-electron chi connectivity index (χ4n) is 4.00. The number of fused-ring (bicyclic) bond motifs is 1. The minimum Gasteiger partial charge on any atom is -0.367 e. The van der Waals surface area contributed by atoms with E-state index in [4.69, 9.17) is 10.7 Å². The second kappa shape index (κ2) is 7.60. The maximum Gasteiger partial charge on any atom is 0.126 e. The lowest BCUT2D eigenvalue weighted by atomic mass is 9.92. The van der Waals surface area contributed by atoms with Crippen molar-refractivity contribution in [3.8, 4) is 22.6 Å². The number of pyridine rings is 3. The molecule has 4 heterocycles. The van der Waals surface area contributed by atoms with Crippen molar-refractivity contribution in [3.63, 3.8) is 0 Å². The van der Waals surface area contributed by atoms with Gasteiger partial charge in [0.05, 0.1) is 23.1 Å². The van der Waals surface area contributed by atoms with Gasteiger partial charge in [0.25, 0.3) is 0 Å². The van der Waals surface area contributed by atoms with Crippen molar-refractivity contribution in [2.24, 2.45) is 5.73 Å². The lowest BCUT2D eigenvalue weighted by Gasteiger charge is -2.27. The molecule has 0 spiro atoms. The Bertz CT molecular complexity index is 1120. The summed E-state index contributed by atoms with van der Waals surface area (Å²) in [6.45, 7) is 0. The third-order valence-electron chi connectivity index (χ3n) is 5.46. The topological polar surface area (TPSA) is 105 Å². The van der Waals surface area contributed by atoms with Crippen LogP contribution in [0.25, 0.3) is 33.5 Å². The van der Waals surface area contributed by atoms with E-state index in [9.17, 15) is 0 Å². The van der Waals surface area contributed by atoms with E-state index in [0.29, 0.717) is 6.04 Å². The third-order valence-corrected chi connectivity index (χ3v) is 5.46. The Morgan fingerprint density at radius 2 is 2.03 bits per heavy atom. The molecule has 4 aromatic rings. The second-order valence-corrected chi connectivity index (χ2v) is 7.61. The van der Waals surface area contributed by atoms with Gasteiger partial charge in [0.15, 0.2) is 0 Å². The molecule has 0 radical (unpaired) electrons. The first-order valence-corrected chi connectivity index (χ1v) is 10.0. The van der Waals surface area contributed by atoms with Crippen molar-refractivity contribution in [2.45, 2.75) is 37.8 Å². The highest BCUT2D eigenvalue weighted by Crippen LogP contribution is 2.29. The Kier molecular flexibility index (Phi) is 4.65. The van der Waals surface area contributed by atoms with Gasteiger partial charge in [0.1, 0.15) is 11.5 Å². The predicted octanol–water partition coefficient (Wildman–Crippen LogP) is 3.76. The molecule has 1 aliphatic carbocycles. The minimum atomic E-state index is 0.276. The summed E-state index contributed by atoms with van der Waals surface area (Å²) in [5.74, 6) is 0.860. The third kappa shape index (κ3) is 3.69. The van der Waals surface area contributed by atoms with Gasteiger partial charge in [-0.05, 0) is 56.0 Å². The van der Waals surface area contributed by atoms with Gasteiger partial charge < -0.3 is 11.1 Å². The number of H-pyrrole nitrogens is 1. The second-order valence-electron chi connectivity index (χ2n) is 7.61. The molecule has 0 bridgehead atoms. The van der Waals surface area contributed by atoms with Crippen molar-refractivity contribution in [1.29, 1.82) is 0 Å². The molecule has 1 aliphatic rings. The van der Waals surface area contributed by atoms with Crippen LogP contribution in [0.2, 0.25) is 0 Å². The molecule has 1 saturated carbocycles. The van der Waals surface area contributed by atoms with Gasteiger partial charge in [0.2, 0.25) is 0 Å². The maximum absolute atomic E-state index is 6.13. The van der Waals surface area contributed by atoms with Gasteiger partial charge >= 0.3 is 0 Å². The average Bonchev–Trinajstić information content (AvgIpc) is 3.18. The van der Waals surface area contributed by atoms with Crippen molar-refractivity contribution >= 4 is 16.7 Å². The molecule has 2 atom stereocenters. The molecule has 146 valence electrons. The highest BCUT2D eigenvalue weighted by molar-refractivity contribution is 5.93. The number of hydrogen-bond acceptors (Lipinski definition) is 6. The number of aromatic amines is 1. The molecule has 4 N–H and O–H groups in total. The largest absolute Gasteiger partial charge is 0.367 e. The van der Waals surface area contributed by atoms with Crippen LogP contribution in [-0.4, -0.2) is 37.2 Å². The van der Waals surface area contributed by atoms with E-state index in [-0.39, 0.29) is 6.04 Å². The quantitative estimate of drug-likeness (QED) is 0.494. The average molecular weight is 385 g/mol. The fourth-order valence-corrected chi connectivity index (χ4v) is 4.00. The number of nitrogens with one attached hydrogen (secondary N) is 2. The smallest absolute Gasteiger partial charge is 0.126 e. The summed E-state index contributed by atoms with van der Waals surface area (Å²) in [7, 11) is 0. The Balaban J connectivity index is 1.47. The molecule has 29 heavy (non-hydrogen) atoms. The molecule has 0 aromatic carbocycles. The lowest BCUT2D eigenvalue weighted by molar-refractivity contribution is 0.409. The molecule has 0 unspecified atom stereocenters. The number of anilines is 1. The molecule has 4 aromatic heterocycles. The Morgan fingerprint density at radius 1 is 1.07 bits per heavy atom. The number of nitrogens with two attached hydrogens (primary N) is 1. The number of nitrogens with zero attached hydrogens (tertiary/aromatic N) is 4. The normalized spacial score (nSPS) is 19.3. The first-order valence-electron chi connectivity index (χ1n) is 10.0. The Hall–Kier alpha value is -3.32. The van der Waals surface area contributed by atoms with Crippen LogP contribution in [-0.2, 0) is 0 Å². The van der Waals surface area contributed by atoms with Crippen LogP contribution in [0.1, 0.15) is 25.7 Å². The summed E-state index contributed by atoms with van der Waals surface area (Å²) in [6.07, 6.45) is 9.76. The Labute approximate surface area is 168 Å². The monoisotopic (exact) mass is 385 g/mol. The van der Waals surface area contributed by atoms with Crippen molar-refractivity contribution in [1.82, 2.24) is 25.1 Å². The highest BCUT2D eigenvalue weighted by Gasteiger charge is 2.19. The van der Waals surface area contributed by atoms with Crippen LogP contribution in [0.5, 0.6) is 0 Å². The first-order chi connectivity index (χ1) is 14.3. The fraction of sp³-hybridized carbons (Fsp3) is 0.273. The van der Waals surface area contributed by atoms with E-state index in [0.717, 1.165) is 65.0 Å². The van der Waals surface area contributed by atoms with E-state index in [1.165, 1.54) is 0 Å². The summed E-state index contributed by atoms with van der Waals surface area (Å²) in [6, 6.07) is 12.6. The van der Waals surface area contributed by atoms with Crippen LogP contribution >= 0.6 is 0 Å². The van der Waals surface area contributed by atoms with Gasteiger partial charge in [0, 0.05) is 35.4 Å². The molecular formula is C22H23N7. The maximum atomic E-state index is 6.13. The zero-order valence-corrected chi connectivity index (χ0v) is 16.0. The zero-order valence-electron chi connectivity index (χ0n) is 16.0. The molecule has 7 heteroatoms. The summed E-state index contributed by atoms with van der Waals surface area (Å²) in [5, 5.41) is 12.1. The molecule has 0 amide bonds. The van der Waals surface area contributed by atoms with Crippen LogP contribution in [0.4, 0.5) is 5.82 Å². The van der Waals surface area contributed by atoms with Gasteiger partial charge in [-0.25, -0.2) is 4.98 Å². The van der Waals surface area contributed by atoms with E-state index >= 15 is 0 Å². The van der Waals surface area contributed by atoms with Crippen LogP contribution < -0.4 is 11.1 Å². The summed E-state index contributed by atoms with van der Waals surface area (Å²) in [4.78, 5) is 13.5. The predicted molar refractivity (Wildman–Crippen MR) is 114 cm³/mol. The van der Waals surface area contributed by atoms with Crippen molar-refractivity contribution < 1.29 is 0 Å². The van der Waals surface area contributed by atoms with E-state index < -0.39 is 0 Å². The van der Waals surface area contributed by atoms with Gasteiger partial charge in [-0.1, -0.05) is 6.07 Å². The van der Waals surface area contributed by atoms with Gasteiger partial charge in [-0.3, -0.25) is 15.1 Å². The van der Waals surface area contributed by atoms with Crippen LogP contribution in [0.15, 0.2) is 55.0 Å². The molecular weight excluding hydrogens is 362 g/mol. The van der Waals surface area contributed by atoms with Crippen molar-refractivity contribution in [3.05, 3.63) is 55.0 Å². The Morgan fingerprint density at radius 3 is 2.90 bits per heavy atom. The standard InChI is InChI=1S/C22H23N7/c23-15-5-1-6-16(10-15)26-21-8-2-7-18(27-21)22-17-11-19(14-4-3-9-24-12-14)25-13-20(17)28-29-22/h2-4,7-9,11-13,15-16H,1,5-6,10,23H2,(H,26,27)(H,28,29)/t15-,16-/m0/s1. The molecule has 0 aliphatic heterocycles. The summed E-state index contributed by atoms with van der Waals surface area (Å²) < 4.78 is 0. The molecule has 5 rings (SSSR count). The zero-order chi connectivity index (χ0) is 19.6. The summed E-state index contributed by atoms with van der Waals surface area (Å²) in [5.41, 5.74) is 10.5. The SMILES string of the molecule is N[C@H]1CCC[C@H](Nc2cccc(-c3n[nH]c4cnc(-c5cccnc5)cc34)n2)C1. The molecule has 1 fully saturated rings. The number of aromatic nitrogens is 5. The van der Waals surface area contributed by atoms with E-state index in [2.05, 4.69) is 25.5 Å². The van der Waals surface area contributed by atoms with E-state index in [1.54, 1.807) is 12.4 Å². The van der Waals surface area contributed by atoms with Gasteiger partial charge in [-0.15, -0.1) is 0 Å². The highest BCUT2D eigenvalue weighted by atomic mass is 15.1. The van der Waals surface area contributed by atoms with Crippen LogP contribution in [0.3, 0.4) is 0 Å². The number of rotatable bonds is 4. The first kappa shape index (κ1) is 17.8. The summed E-state index contributed by atoms with van der Waals surface area (Å²) >= 11 is 0. The number of hydrogen-bond donors (Lipinski definition) is 3. The molecule has 0 saturated heterocycles. The van der Waals surface area contributed by atoms with Crippen molar-refractivity contribution in [2.75, 3.05) is 5.32 Å². The lowest BCUT2D eigenvalue weighted by Crippen LogP contribution is -2.35. The van der Waals surface area contributed by atoms with Gasteiger partial charge in [-0.2, -0.15) is 5.10 Å². The minimum absolute atomic E-state index is 0.276. The van der Waals surface area contributed by atoms with Crippen LogP contribution in [0, 0.1) is 0 Å². The van der Waals surface area contributed by atoms with E-state index in [1.807, 2.05) is 42.6 Å².